The number of pyridine rings is 4. The van der Waals surface area contributed by atoms with Crippen molar-refractivity contribution in [1.82, 2.24) is 39.9 Å². The number of unbranched alkanes of at least 4 members (excludes halogenated alkanes) is 12. The summed E-state index contributed by atoms with van der Waals surface area (Å²) in [6.45, 7) is 8.80. The Kier molecular flexibility index (Phi) is 21.8. The molecule has 0 fully saturated rings. The lowest BCUT2D eigenvalue weighted by molar-refractivity contribution is 0.0897. The van der Waals surface area contributed by atoms with E-state index in [1.54, 1.807) is 73.3 Å². The van der Waals surface area contributed by atoms with Crippen molar-refractivity contribution in [3.63, 3.8) is 0 Å². The molecule has 0 atom stereocenters. The van der Waals surface area contributed by atoms with Crippen LogP contribution in [0.5, 0.6) is 69.5 Å². The van der Waals surface area contributed by atoms with Crippen LogP contribution in [0.4, 0.5) is 0 Å². The van der Waals surface area contributed by atoms with Gasteiger partial charge < -0.3 is 37.9 Å². The second-order valence-electron chi connectivity index (χ2n) is 34.1. The van der Waals surface area contributed by atoms with Crippen LogP contribution in [0.25, 0.3) is 67.1 Å². The molecule has 0 saturated heterocycles. The van der Waals surface area contributed by atoms with Gasteiger partial charge >= 0.3 is 0 Å². The third-order valence-electron chi connectivity index (χ3n) is 26.0. The smallest absolute Gasteiger partial charge is 0.284 e. The van der Waals surface area contributed by atoms with Gasteiger partial charge in [-0.3, -0.25) is 39.1 Å². The summed E-state index contributed by atoms with van der Waals surface area (Å²) in [6, 6.07) is 60.5. The van der Waals surface area contributed by atoms with E-state index in [9.17, 15) is 0 Å². The van der Waals surface area contributed by atoms with Crippen molar-refractivity contribution >= 4 is 45.2 Å². The van der Waals surface area contributed by atoms with Crippen LogP contribution in [0, 0.1) is 0 Å². The number of rotatable bonds is 24. The normalized spacial score (nSPS) is 16.5. The van der Waals surface area contributed by atoms with Crippen molar-refractivity contribution in [2.75, 3.05) is 0 Å². The molecule has 6 aromatic heterocycles. The van der Waals surface area contributed by atoms with E-state index in [1.807, 2.05) is 121 Å². The second kappa shape index (κ2) is 34.5. The molecule has 10 heterocycles. The molecular weight excluding hydrogens is 1600 g/mol. The number of nitrogens with zero attached hydrogens (tertiary/aromatic N) is 8. The molecule has 0 amide bonds. The highest BCUT2D eigenvalue weighted by Crippen LogP contribution is 2.60. The third-order valence-corrected chi connectivity index (χ3v) is 26.0. The van der Waals surface area contributed by atoms with Gasteiger partial charge in [-0.2, -0.15) is 0 Å². The van der Waals surface area contributed by atoms with Crippen molar-refractivity contribution in [3.8, 4) is 115 Å². The maximum Gasteiger partial charge on any atom is 0.284 e. The SMILES string of the molecule is CCCCCCC1c2cc3c4cc2OC2=C(Oc5cc6c(cc51)C(CCCCCC)c1cc5c(cc1Oc1nc7c(-c8ccccn8)ccc(-c8ccccn8)c7nc1O6)OC1=C(Oc6cc(c(cc6C5CCCCCC)C3CCCCCC)Oc3nc5c(-c6ccccn6)ccc(-c6ccccn6)c5nc3O4)C(=O)c3ccccc3C1=O)C(=O)c1ccccc1C2=O. The van der Waals surface area contributed by atoms with E-state index < -0.39 is 46.8 Å². The van der Waals surface area contributed by atoms with Gasteiger partial charge in [0.05, 0.1) is 22.8 Å². The first-order chi connectivity index (χ1) is 63.0. The number of hydrogen-bond acceptors (Lipinski definition) is 20. The van der Waals surface area contributed by atoms with Crippen LogP contribution < -0.4 is 37.9 Å². The zero-order valence-corrected chi connectivity index (χ0v) is 71.7. The van der Waals surface area contributed by atoms with E-state index in [1.165, 1.54) is 0 Å². The lowest BCUT2D eigenvalue weighted by Crippen LogP contribution is -2.27. The summed E-state index contributed by atoms with van der Waals surface area (Å²) >= 11 is 0. The largest absolute Gasteiger partial charge is 0.449 e. The summed E-state index contributed by atoms with van der Waals surface area (Å²) in [7, 11) is 0. The van der Waals surface area contributed by atoms with E-state index in [2.05, 4.69) is 52.0 Å². The highest BCUT2D eigenvalue weighted by Gasteiger charge is 2.45. The summed E-state index contributed by atoms with van der Waals surface area (Å²) in [5.74, 6) is -4.27. The molecule has 7 aliphatic rings. The lowest BCUT2D eigenvalue weighted by Gasteiger charge is -2.30. The number of hydrogen-bond donors (Lipinski definition) is 0. The van der Waals surface area contributed by atoms with E-state index in [4.69, 9.17) is 77.8 Å². The highest BCUT2D eigenvalue weighted by atomic mass is 16.6. The van der Waals surface area contributed by atoms with Gasteiger partial charge in [0.25, 0.3) is 23.5 Å². The van der Waals surface area contributed by atoms with Gasteiger partial charge in [-0.15, -0.1) is 0 Å². The van der Waals surface area contributed by atoms with Crippen LogP contribution in [0.15, 0.2) is 242 Å². The van der Waals surface area contributed by atoms with Gasteiger partial charge in [0.2, 0.25) is 46.2 Å². The monoisotopic (exact) mass is 1690 g/mol. The predicted molar refractivity (Wildman–Crippen MR) is 487 cm³/mol. The number of ketones is 4. The van der Waals surface area contributed by atoms with E-state index in [0.29, 0.717) is 138 Å². The van der Waals surface area contributed by atoms with E-state index >= 15 is 19.2 Å². The van der Waals surface area contributed by atoms with Gasteiger partial charge in [-0.25, -0.2) is 19.9 Å². The number of benzene rings is 8. The summed E-state index contributed by atoms with van der Waals surface area (Å²) in [4.78, 5) is 107. The minimum atomic E-state index is -0.651. The molecule has 4 aliphatic heterocycles. The van der Waals surface area contributed by atoms with Crippen LogP contribution >= 0.6 is 0 Å². The van der Waals surface area contributed by atoms with E-state index in [0.717, 1.165) is 125 Å². The topological polar surface area (TPSA) is 245 Å². The minimum Gasteiger partial charge on any atom is -0.449 e. The lowest BCUT2D eigenvalue weighted by atomic mass is 9.76. The first-order valence-electron chi connectivity index (χ1n) is 45.3. The molecule has 0 saturated carbocycles. The number of aromatic nitrogens is 8. The minimum absolute atomic E-state index is 0.0478. The van der Waals surface area contributed by atoms with Crippen LogP contribution in [0.1, 0.15) is 266 Å². The molecule has 20 heteroatoms. The Bertz CT molecular complexity index is 6110. The standard InChI is InChI=1S/C108H92N8O12/c1-5-9-13-17-33-61-73-53-77-63(35-19-15-11-7-3)79-55-75-62(34-18-14-10-6-2)76-56-80-64(36-20-16-12-8-4)78-54-74(61)86-58-90(78)126-106-108(116-96-72(84-44-28-32-52-112-84)48-46-70(94(96)114-106)82-42-26-30-50-110-82)128-92(80)60-88(76)124-104-100(120)68-40-24-23-39-67(68)99(119)103(104)123-87(75)59-91(79)127-107-105(125-89(77)57-85(73)121-101-97(117)65-37-21-22-38-66(65)98(118)102(101)122-86)113-93-69(81-41-25-29-49-109-81)45-47-71(95(93)115-107)83-43-27-31-51-111-83/h21-32,37-64H,5-20,33-36H2,1-4H3. The molecule has 0 unspecified atom stereocenters. The van der Waals surface area contributed by atoms with Crippen molar-refractivity contribution < 1.29 is 57.1 Å². The molecule has 14 aromatic rings. The fraction of sp³-hybridized carbons (Fsp3) is 0.259. The molecule has 21 rings (SSSR count). The molecule has 636 valence electrons. The Morgan fingerprint density at radius 1 is 0.227 bits per heavy atom. The maximum atomic E-state index is 16.2. The molecule has 8 aromatic carbocycles. The number of allylic oxidation sites excluding steroid dienone is 4. The number of Topliss-reactive ketones (excluding diaryl/α,β-unsaturated/α-hetero) is 4. The molecule has 0 radical (unpaired) electrons. The number of carbonyl (C=O) groups is 4. The molecule has 0 spiro atoms. The number of ether oxygens (including phenoxy) is 8. The fourth-order valence-electron chi connectivity index (χ4n) is 19.6. The van der Waals surface area contributed by atoms with Gasteiger partial charge in [-0.1, -0.05) is 203 Å². The molecular formula is C108H92N8O12. The zero-order valence-electron chi connectivity index (χ0n) is 71.7. The predicted octanol–water partition coefficient (Wildman–Crippen LogP) is 26.5. The maximum absolute atomic E-state index is 16.2. The average Bonchev–Trinajstić information content (AvgIpc) is 1.56. The Morgan fingerprint density at radius 3 is 0.641 bits per heavy atom. The Hall–Kier alpha value is -14.4. The Morgan fingerprint density at radius 2 is 0.438 bits per heavy atom. The zero-order chi connectivity index (χ0) is 86.6. The summed E-state index contributed by atoms with van der Waals surface area (Å²) < 4.78 is 61.2. The molecule has 3 aliphatic carbocycles. The molecule has 20 nitrogen and oxygen atoms in total. The second-order valence-corrected chi connectivity index (χ2v) is 34.1. The summed E-state index contributed by atoms with van der Waals surface area (Å²) in [5.41, 5.74) is 12.9. The van der Waals surface area contributed by atoms with Crippen LogP contribution in [0.2, 0.25) is 0 Å². The van der Waals surface area contributed by atoms with Crippen LogP contribution in [-0.4, -0.2) is 63.0 Å². The van der Waals surface area contributed by atoms with Crippen molar-refractivity contribution in [2.24, 2.45) is 0 Å². The quantitative estimate of drug-likeness (QED) is 0.0510. The van der Waals surface area contributed by atoms with Crippen molar-refractivity contribution in [2.45, 2.75) is 180 Å². The summed E-state index contributed by atoms with van der Waals surface area (Å²) in [5, 5.41) is 0. The molecule has 8 bridgehead atoms. The number of fused-ring (bicyclic) bond motifs is 6. The van der Waals surface area contributed by atoms with Gasteiger partial charge in [-0.05, 0) is 123 Å². The average molecular weight is 1690 g/mol. The van der Waals surface area contributed by atoms with Gasteiger partial charge in [0.1, 0.15) is 68.1 Å². The van der Waals surface area contributed by atoms with E-state index in [-0.39, 0.29) is 91.8 Å². The van der Waals surface area contributed by atoms with Crippen LogP contribution in [-0.2, 0) is 0 Å². The molecule has 0 N–H and O–H groups in total. The van der Waals surface area contributed by atoms with Crippen molar-refractivity contribution in [3.05, 3.63) is 309 Å². The Balaban J connectivity index is 0.937. The fourth-order valence-corrected chi connectivity index (χ4v) is 19.6. The Labute approximate surface area is 740 Å². The van der Waals surface area contributed by atoms with Crippen molar-refractivity contribution in [1.29, 1.82) is 0 Å². The highest BCUT2D eigenvalue weighted by molar-refractivity contribution is 6.27. The first kappa shape index (κ1) is 80.7. The summed E-state index contributed by atoms with van der Waals surface area (Å²) in [6.07, 6.45) is 23.0. The number of carbonyl (C=O) groups excluding carboxylic acids is 4. The van der Waals surface area contributed by atoms with Gasteiger partial charge in [0, 0.05) is 162 Å². The first-order valence-corrected chi connectivity index (χ1v) is 45.3. The van der Waals surface area contributed by atoms with Crippen LogP contribution in [0.3, 0.4) is 0 Å². The van der Waals surface area contributed by atoms with Gasteiger partial charge in [0.15, 0.2) is 0 Å². The molecule has 128 heavy (non-hydrogen) atoms. The third kappa shape index (κ3) is 14.6.